The summed E-state index contributed by atoms with van der Waals surface area (Å²) in [6.45, 7) is 8.20. The Morgan fingerprint density at radius 1 is 1.32 bits per heavy atom. The quantitative estimate of drug-likeness (QED) is 0.474. The van der Waals surface area contributed by atoms with Crippen molar-refractivity contribution in [1.82, 2.24) is 10.2 Å². The summed E-state index contributed by atoms with van der Waals surface area (Å²) in [5.74, 6) is 0.615. The molecule has 7 nitrogen and oxygen atoms in total. The molecule has 1 aromatic carbocycles. The van der Waals surface area contributed by atoms with Crippen LogP contribution in [0.2, 0.25) is 0 Å². The number of methoxy groups -OCH3 is 1. The second kappa shape index (κ2) is 9.15. The Balaban J connectivity index is 1.97. The summed E-state index contributed by atoms with van der Waals surface area (Å²) in [6, 6.07) is 7.40. The second-order valence-electron chi connectivity index (χ2n) is 6.08. The average Bonchev–Trinajstić information content (AvgIpc) is 2.64. The number of nitrogens with one attached hydrogen (secondary N) is 1. The van der Waals surface area contributed by atoms with E-state index in [9.17, 15) is 9.90 Å². The zero-order valence-corrected chi connectivity index (χ0v) is 15.2. The molecule has 2 rings (SSSR count). The molecule has 0 spiro atoms. The van der Waals surface area contributed by atoms with E-state index in [1.54, 1.807) is 6.07 Å². The predicted molar refractivity (Wildman–Crippen MR) is 99.1 cm³/mol. The molecule has 1 saturated heterocycles. The summed E-state index contributed by atoms with van der Waals surface area (Å²) in [6.07, 6.45) is 0. The summed E-state index contributed by atoms with van der Waals surface area (Å²) in [7, 11) is 1.39. The van der Waals surface area contributed by atoms with Gasteiger partial charge in [-0.05, 0) is 19.1 Å². The van der Waals surface area contributed by atoms with Gasteiger partial charge in [0, 0.05) is 32.7 Å². The van der Waals surface area contributed by atoms with Crippen LogP contribution in [0.4, 0.5) is 5.69 Å². The van der Waals surface area contributed by atoms with Crippen LogP contribution >= 0.6 is 0 Å². The van der Waals surface area contributed by atoms with Gasteiger partial charge in [-0.1, -0.05) is 19.1 Å². The maximum Gasteiger partial charge on any atom is 0.310 e. The lowest BCUT2D eigenvalue weighted by molar-refractivity contribution is -0.144. The molecular weight excluding hydrogens is 320 g/mol. The van der Waals surface area contributed by atoms with Crippen molar-refractivity contribution in [3.05, 3.63) is 24.3 Å². The van der Waals surface area contributed by atoms with Crippen molar-refractivity contribution in [2.24, 2.45) is 10.9 Å². The normalized spacial score (nSPS) is 16.5. The number of carbonyl (C=O) groups is 1. The van der Waals surface area contributed by atoms with Gasteiger partial charge in [0.25, 0.3) is 0 Å². The third-order valence-corrected chi connectivity index (χ3v) is 4.25. The number of aliphatic imine (C=N–C) groups is 1. The molecule has 0 aliphatic carbocycles. The van der Waals surface area contributed by atoms with Gasteiger partial charge in [0.2, 0.25) is 0 Å². The van der Waals surface area contributed by atoms with E-state index in [4.69, 9.17) is 4.74 Å². The smallest absolute Gasteiger partial charge is 0.310 e. The number of aromatic hydroxyl groups is 1. The van der Waals surface area contributed by atoms with E-state index in [0.29, 0.717) is 12.3 Å². The molecule has 7 heteroatoms. The zero-order chi connectivity index (χ0) is 18.2. The van der Waals surface area contributed by atoms with Gasteiger partial charge >= 0.3 is 5.97 Å². The molecule has 2 N–H and O–H groups in total. The van der Waals surface area contributed by atoms with Crippen LogP contribution in [0, 0.1) is 5.92 Å². The summed E-state index contributed by atoms with van der Waals surface area (Å²) < 4.78 is 4.75. The number of para-hydroxylation sites is 2. The number of hydrogen-bond acceptors (Lipinski definition) is 5. The number of piperazine rings is 1. The first-order valence-electron chi connectivity index (χ1n) is 8.70. The van der Waals surface area contributed by atoms with Crippen molar-refractivity contribution in [2.45, 2.75) is 13.8 Å². The van der Waals surface area contributed by atoms with Crippen LogP contribution in [0.1, 0.15) is 13.8 Å². The number of ether oxygens (including phenoxy) is 1. The molecule has 138 valence electrons. The van der Waals surface area contributed by atoms with Crippen LogP contribution < -0.4 is 10.2 Å². The summed E-state index contributed by atoms with van der Waals surface area (Å²) in [4.78, 5) is 20.5. The number of guanidine groups is 1. The molecule has 1 atom stereocenters. The van der Waals surface area contributed by atoms with Gasteiger partial charge in [0.1, 0.15) is 5.75 Å². The molecule has 1 heterocycles. The monoisotopic (exact) mass is 348 g/mol. The Hall–Kier alpha value is -2.44. The molecule has 1 aromatic rings. The molecule has 0 bridgehead atoms. The zero-order valence-electron chi connectivity index (χ0n) is 15.2. The third-order valence-electron chi connectivity index (χ3n) is 4.25. The Morgan fingerprint density at radius 2 is 2.00 bits per heavy atom. The molecule has 1 aliphatic rings. The largest absolute Gasteiger partial charge is 0.506 e. The molecule has 1 fully saturated rings. The lowest BCUT2D eigenvalue weighted by Gasteiger charge is -2.38. The van der Waals surface area contributed by atoms with E-state index >= 15 is 0 Å². The fraction of sp³-hybridized carbons (Fsp3) is 0.556. The maximum absolute atomic E-state index is 11.5. The highest BCUT2D eigenvalue weighted by atomic mass is 16.5. The number of esters is 1. The van der Waals surface area contributed by atoms with E-state index in [0.717, 1.165) is 44.4 Å². The Morgan fingerprint density at radius 3 is 2.60 bits per heavy atom. The number of phenols is 1. The van der Waals surface area contributed by atoms with Crippen molar-refractivity contribution in [3.8, 4) is 5.75 Å². The Labute approximate surface area is 149 Å². The number of nitrogens with zero attached hydrogens (tertiary/aromatic N) is 3. The van der Waals surface area contributed by atoms with Crippen molar-refractivity contribution in [1.29, 1.82) is 0 Å². The lowest BCUT2D eigenvalue weighted by Crippen LogP contribution is -2.52. The lowest BCUT2D eigenvalue weighted by atomic mass is 10.2. The number of carbonyl (C=O) groups excluding carboxylic acids is 1. The Kier molecular flexibility index (Phi) is 6.91. The van der Waals surface area contributed by atoms with E-state index in [2.05, 4.69) is 20.1 Å². The van der Waals surface area contributed by atoms with Gasteiger partial charge in [-0.15, -0.1) is 0 Å². The topological polar surface area (TPSA) is 77.4 Å². The van der Waals surface area contributed by atoms with E-state index < -0.39 is 0 Å². The van der Waals surface area contributed by atoms with Gasteiger partial charge in [-0.3, -0.25) is 9.79 Å². The van der Waals surface area contributed by atoms with Gasteiger partial charge < -0.3 is 25.0 Å². The summed E-state index contributed by atoms with van der Waals surface area (Å²) in [5, 5.41) is 13.3. The minimum absolute atomic E-state index is 0.246. The van der Waals surface area contributed by atoms with E-state index in [1.807, 2.05) is 32.0 Å². The van der Waals surface area contributed by atoms with Crippen molar-refractivity contribution in [3.63, 3.8) is 0 Å². The molecular formula is C18H28N4O3. The first-order chi connectivity index (χ1) is 12.1. The standard InChI is InChI=1S/C18H28N4O3/c1-4-19-18(20-13-14(2)17(24)25-3)22-11-9-21(10-12-22)15-7-5-6-8-16(15)23/h5-8,14,23H,4,9-13H2,1-3H3,(H,19,20). The number of benzene rings is 1. The van der Waals surface area contributed by atoms with E-state index in [1.165, 1.54) is 7.11 Å². The van der Waals surface area contributed by atoms with Crippen LogP contribution in [0.25, 0.3) is 0 Å². The SMILES string of the molecule is CCNC(=NCC(C)C(=O)OC)N1CCN(c2ccccc2O)CC1. The van der Waals surface area contributed by atoms with Gasteiger partial charge in [0.15, 0.2) is 5.96 Å². The van der Waals surface area contributed by atoms with Gasteiger partial charge in [0.05, 0.1) is 25.3 Å². The number of phenolic OH excluding ortho intramolecular Hbond substituents is 1. The second-order valence-corrected chi connectivity index (χ2v) is 6.08. The molecule has 1 aliphatic heterocycles. The number of anilines is 1. The van der Waals surface area contributed by atoms with E-state index in [-0.39, 0.29) is 11.9 Å². The highest BCUT2D eigenvalue weighted by Gasteiger charge is 2.22. The third kappa shape index (κ3) is 5.01. The van der Waals surface area contributed by atoms with Crippen LogP contribution in [-0.4, -0.2) is 68.3 Å². The number of hydrogen-bond donors (Lipinski definition) is 2. The van der Waals surface area contributed by atoms with Crippen LogP contribution in [0.15, 0.2) is 29.3 Å². The van der Waals surface area contributed by atoms with Gasteiger partial charge in [-0.2, -0.15) is 0 Å². The molecule has 0 amide bonds. The fourth-order valence-electron chi connectivity index (χ4n) is 2.82. The summed E-state index contributed by atoms with van der Waals surface area (Å²) >= 11 is 0. The van der Waals surface area contributed by atoms with Crippen LogP contribution in [0.3, 0.4) is 0 Å². The van der Waals surface area contributed by atoms with Crippen molar-refractivity contribution < 1.29 is 14.6 Å². The minimum atomic E-state index is -0.263. The van der Waals surface area contributed by atoms with Crippen molar-refractivity contribution in [2.75, 3.05) is 51.3 Å². The first-order valence-corrected chi connectivity index (χ1v) is 8.70. The van der Waals surface area contributed by atoms with Crippen LogP contribution in [0.5, 0.6) is 5.75 Å². The minimum Gasteiger partial charge on any atom is -0.506 e. The summed E-state index contributed by atoms with van der Waals surface area (Å²) in [5.41, 5.74) is 0.864. The number of rotatable bonds is 5. The highest BCUT2D eigenvalue weighted by Crippen LogP contribution is 2.27. The molecule has 0 saturated carbocycles. The van der Waals surface area contributed by atoms with Crippen molar-refractivity contribution >= 4 is 17.6 Å². The molecule has 0 radical (unpaired) electrons. The predicted octanol–water partition coefficient (Wildman–Crippen LogP) is 1.29. The maximum atomic E-state index is 11.5. The molecule has 1 unspecified atom stereocenters. The van der Waals surface area contributed by atoms with Crippen LogP contribution in [-0.2, 0) is 9.53 Å². The highest BCUT2D eigenvalue weighted by molar-refractivity contribution is 5.81. The van der Waals surface area contributed by atoms with Gasteiger partial charge in [-0.25, -0.2) is 0 Å². The fourth-order valence-corrected chi connectivity index (χ4v) is 2.82. The molecule has 0 aromatic heterocycles. The Bertz CT molecular complexity index is 598. The average molecular weight is 348 g/mol. The first kappa shape index (κ1) is 18.9. The molecule has 25 heavy (non-hydrogen) atoms.